The van der Waals surface area contributed by atoms with Crippen molar-refractivity contribution in [3.8, 4) is 0 Å². The second kappa shape index (κ2) is 7.32. The number of anilines is 1. The van der Waals surface area contributed by atoms with Gasteiger partial charge in [0.1, 0.15) is 6.54 Å². The number of benzene rings is 1. The van der Waals surface area contributed by atoms with Crippen molar-refractivity contribution in [2.75, 3.05) is 37.7 Å². The van der Waals surface area contributed by atoms with Gasteiger partial charge in [-0.1, -0.05) is 17.7 Å². The summed E-state index contributed by atoms with van der Waals surface area (Å²) in [6.45, 7) is 5.67. The number of likely N-dealkylation sites (tertiary alicyclic amines) is 1. The Bertz CT molecular complexity index is 663. The zero-order chi connectivity index (χ0) is 18.0. The maximum absolute atomic E-state index is 12.7. The fourth-order valence-electron chi connectivity index (χ4n) is 3.37. The molecule has 0 saturated carbocycles. The lowest BCUT2D eigenvalue weighted by Crippen LogP contribution is -2.50. The van der Waals surface area contributed by atoms with E-state index in [4.69, 9.17) is 21.1 Å². The second-order valence-corrected chi connectivity index (χ2v) is 6.88. The van der Waals surface area contributed by atoms with E-state index in [1.165, 1.54) is 11.8 Å². The van der Waals surface area contributed by atoms with Gasteiger partial charge in [0, 0.05) is 43.6 Å². The molecule has 1 aromatic carbocycles. The summed E-state index contributed by atoms with van der Waals surface area (Å²) in [4.78, 5) is 28.1. The van der Waals surface area contributed by atoms with Gasteiger partial charge in [0.05, 0.1) is 13.2 Å². The first-order valence-electron chi connectivity index (χ1n) is 8.51. The summed E-state index contributed by atoms with van der Waals surface area (Å²) in [6, 6.07) is 5.36. The standard InChI is InChI=1S/C18H23ClN2O4/c1-13-15(19)4-3-5-16(13)21(14(2)22)12-17(23)20-8-6-18(7-9-20)24-10-11-25-18/h3-5H,6-12H2,1-2H3. The molecule has 2 fully saturated rings. The molecule has 2 aliphatic heterocycles. The number of ether oxygens (including phenoxy) is 2. The lowest BCUT2D eigenvalue weighted by atomic mass is 10.0. The lowest BCUT2D eigenvalue weighted by Gasteiger charge is -2.38. The highest BCUT2D eigenvalue weighted by atomic mass is 35.5. The summed E-state index contributed by atoms with van der Waals surface area (Å²) < 4.78 is 11.4. The second-order valence-electron chi connectivity index (χ2n) is 6.48. The molecule has 0 unspecified atom stereocenters. The fourth-order valence-corrected chi connectivity index (χ4v) is 3.54. The summed E-state index contributed by atoms with van der Waals surface area (Å²) in [5, 5.41) is 0.576. The Kier molecular flexibility index (Phi) is 5.32. The Morgan fingerprint density at radius 1 is 1.24 bits per heavy atom. The van der Waals surface area contributed by atoms with Crippen molar-refractivity contribution in [2.24, 2.45) is 0 Å². The number of piperidine rings is 1. The smallest absolute Gasteiger partial charge is 0.242 e. The van der Waals surface area contributed by atoms with Crippen LogP contribution in [0.15, 0.2) is 18.2 Å². The Labute approximate surface area is 152 Å². The summed E-state index contributed by atoms with van der Waals surface area (Å²) in [5.74, 6) is -0.780. The predicted molar refractivity (Wildman–Crippen MR) is 94.7 cm³/mol. The molecule has 0 radical (unpaired) electrons. The number of carbonyl (C=O) groups excluding carboxylic acids is 2. The van der Waals surface area contributed by atoms with Crippen LogP contribution in [-0.2, 0) is 19.1 Å². The summed E-state index contributed by atoms with van der Waals surface area (Å²) in [6.07, 6.45) is 1.32. The SMILES string of the molecule is CC(=O)N(CC(=O)N1CCC2(CC1)OCCO2)c1cccc(Cl)c1C. The average molecular weight is 367 g/mol. The van der Waals surface area contributed by atoms with Gasteiger partial charge in [-0.25, -0.2) is 0 Å². The van der Waals surface area contributed by atoms with Gasteiger partial charge in [-0.15, -0.1) is 0 Å². The number of carbonyl (C=O) groups is 2. The topological polar surface area (TPSA) is 59.1 Å². The van der Waals surface area contributed by atoms with Crippen LogP contribution in [-0.4, -0.2) is 55.3 Å². The van der Waals surface area contributed by atoms with Crippen molar-refractivity contribution in [2.45, 2.75) is 32.5 Å². The Morgan fingerprint density at radius 2 is 1.88 bits per heavy atom. The van der Waals surface area contributed by atoms with Crippen molar-refractivity contribution in [3.05, 3.63) is 28.8 Å². The van der Waals surface area contributed by atoms with Crippen molar-refractivity contribution in [1.82, 2.24) is 4.90 Å². The fraction of sp³-hybridized carbons (Fsp3) is 0.556. The molecule has 136 valence electrons. The van der Waals surface area contributed by atoms with Gasteiger partial charge in [0.25, 0.3) is 0 Å². The molecule has 0 aliphatic carbocycles. The highest BCUT2D eigenvalue weighted by Gasteiger charge is 2.41. The Morgan fingerprint density at radius 3 is 2.48 bits per heavy atom. The molecule has 0 N–H and O–H groups in total. The van der Waals surface area contributed by atoms with Crippen LogP contribution in [0.3, 0.4) is 0 Å². The van der Waals surface area contributed by atoms with E-state index in [-0.39, 0.29) is 18.4 Å². The molecule has 3 rings (SSSR count). The molecule has 1 aromatic rings. The van der Waals surface area contributed by atoms with Gasteiger partial charge in [-0.05, 0) is 24.6 Å². The van der Waals surface area contributed by atoms with Crippen LogP contribution in [0.1, 0.15) is 25.3 Å². The maximum atomic E-state index is 12.7. The third-order valence-corrected chi connectivity index (χ3v) is 5.30. The minimum absolute atomic E-state index is 0.00519. The van der Waals surface area contributed by atoms with Crippen LogP contribution in [0, 0.1) is 6.92 Å². The molecule has 0 atom stereocenters. The molecule has 2 aliphatic rings. The zero-order valence-electron chi connectivity index (χ0n) is 14.6. The molecule has 0 bridgehead atoms. The number of hydrogen-bond donors (Lipinski definition) is 0. The highest BCUT2D eigenvalue weighted by Crippen LogP contribution is 2.32. The number of nitrogens with zero attached hydrogens (tertiary/aromatic N) is 2. The molecule has 25 heavy (non-hydrogen) atoms. The predicted octanol–water partition coefficient (Wildman–Crippen LogP) is 2.37. The number of rotatable bonds is 3. The first kappa shape index (κ1) is 18.2. The van der Waals surface area contributed by atoms with E-state index in [2.05, 4.69) is 0 Å². The van der Waals surface area contributed by atoms with E-state index in [9.17, 15) is 9.59 Å². The van der Waals surface area contributed by atoms with E-state index >= 15 is 0 Å². The van der Waals surface area contributed by atoms with Crippen molar-refractivity contribution in [3.63, 3.8) is 0 Å². The quantitative estimate of drug-likeness (QED) is 0.824. The number of amides is 2. The first-order chi connectivity index (χ1) is 11.9. The van der Waals surface area contributed by atoms with Crippen LogP contribution in [0.2, 0.25) is 5.02 Å². The van der Waals surface area contributed by atoms with Crippen LogP contribution in [0.4, 0.5) is 5.69 Å². The summed E-state index contributed by atoms with van der Waals surface area (Å²) >= 11 is 6.16. The molecule has 7 heteroatoms. The minimum atomic E-state index is -0.513. The molecule has 1 spiro atoms. The third kappa shape index (κ3) is 3.81. The van der Waals surface area contributed by atoms with E-state index in [0.717, 1.165) is 5.56 Å². The van der Waals surface area contributed by atoms with E-state index in [0.29, 0.717) is 49.9 Å². The number of hydrogen-bond acceptors (Lipinski definition) is 4. The van der Waals surface area contributed by atoms with Gasteiger partial charge in [-0.2, -0.15) is 0 Å². The zero-order valence-corrected chi connectivity index (χ0v) is 15.3. The molecule has 2 amide bonds. The van der Waals surface area contributed by atoms with Gasteiger partial charge in [0.2, 0.25) is 11.8 Å². The Hall–Kier alpha value is -1.63. The summed E-state index contributed by atoms with van der Waals surface area (Å²) in [7, 11) is 0. The van der Waals surface area contributed by atoms with E-state index < -0.39 is 5.79 Å². The molecule has 2 heterocycles. The maximum Gasteiger partial charge on any atom is 0.242 e. The first-order valence-corrected chi connectivity index (χ1v) is 8.88. The number of halogens is 1. The van der Waals surface area contributed by atoms with Crippen molar-refractivity contribution in [1.29, 1.82) is 0 Å². The van der Waals surface area contributed by atoms with Crippen LogP contribution in [0.5, 0.6) is 0 Å². The normalized spacial score (nSPS) is 19.2. The lowest BCUT2D eigenvalue weighted by molar-refractivity contribution is -0.187. The van der Waals surface area contributed by atoms with Crippen molar-refractivity contribution >= 4 is 29.1 Å². The molecule has 0 aromatic heterocycles. The van der Waals surface area contributed by atoms with Crippen LogP contribution >= 0.6 is 11.6 Å². The highest BCUT2D eigenvalue weighted by molar-refractivity contribution is 6.31. The molecule has 6 nitrogen and oxygen atoms in total. The van der Waals surface area contributed by atoms with Gasteiger partial charge in [0.15, 0.2) is 5.79 Å². The van der Waals surface area contributed by atoms with E-state index in [1.807, 2.05) is 6.92 Å². The third-order valence-electron chi connectivity index (χ3n) is 4.89. The van der Waals surface area contributed by atoms with Crippen LogP contribution < -0.4 is 4.90 Å². The van der Waals surface area contributed by atoms with E-state index in [1.54, 1.807) is 23.1 Å². The minimum Gasteiger partial charge on any atom is -0.347 e. The summed E-state index contributed by atoms with van der Waals surface area (Å²) in [5.41, 5.74) is 1.46. The van der Waals surface area contributed by atoms with Gasteiger partial charge in [-0.3, -0.25) is 9.59 Å². The largest absolute Gasteiger partial charge is 0.347 e. The molecular weight excluding hydrogens is 344 g/mol. The molecular formula is C18H23ClN2O4. The Balaban J connectivity index is 1.67. The average Bonchev–Trinajstić information content (AvgIpc) is 3.04. The monoisotopic (exact) mass is 366 g/mol. The van der Waals surface area contributed by atoms with Crippen molar-refractivity contribution < 1.29 is 19.1 Å². The van der Waals surface area contributed by atoms with Gasteiger partial charge >= 0.3 is 0 Å². The van der Waals surface area contributed by atoms with Gasteiger partial charge < -0.3 is 19.3 Å². The molecule has 2 saturated heterocycles. The van der Waals surface area contributed by atoms with Crippen LogP contribution in [0.25, 0.3) is 0 Å².